The van der Waals surface area contributed by atoms with Gasteiger partial charge in [-0.2, -0.15) is 8.78 Å². The number of halogens is 2. The average molecular weight is 427 g/mol. The highest BCUT2D eigenvalue weighted by Gasteiger charge is 2.29. The van der Waals surface area contributed by atoms with Crippen molar-refractivity contribution in [1.82, 2.24) is 15.3 Å². The number of hydrogen-bond acceptors (Lipinski definition) is 4. The molecule has 31 heavy (non-hydrogen) atoms. The molecular formula is C23H23F2N3O3. The van der Waals surface area contributed by atoms with E-state index in [0.717, 1.165) is 6.07 Å². The van der Waals surface area contributed by atoms with Gasteiger partial charge in [0.15, 0.2) is 0 Å². The second-order valence-electron chi connectivity index (χ2n) is 8.07. The van der Waals surface area contributed by atoms with E-state index in [1.54, 1.807) is 36.4 Å². The first-order chi connectivity index (χ1) is 14.6. The summed E-state index contributed by atoms with van der Waals surface area (Å²) in [5, 5.41) is 2.91. The monoisotopic (exact) mass is 427 g/mol. The van der Waals surface area contributed by atoms with Crippen LogP contribution < -0.4 is 15.6 Å². The van der Waals surface area contributed by atoms with Crippen molar-refractivity contribution in [1.29, 1.82) is 0 Å². The zero-order chi connectivity index (χ0) is 22.6. The number of aromatic nitrogens is 2. The third-order valence-electron chi connectivity index (χ3n) is 4.60. The van der Waals surface area contributed by atoms with Crippen LogP contribution in [0.15, 0.2) is 65.5 Å². The number of alkyl halides is 2. The fourth-order valence-electron chi connectivity index (χ4n) is 3.15. The van der Waals surface area contributed by atoms with E-state index in [2.05, 4.69) is 20.0 Å². The fraction of sp³-hybridized carbons (Fsp3) is 0.261. The Bertz CT molecular complexity index is 1090. The minimum atomic E-state index is -2.91. The topological polar surface area (TPSA) is 84.1 Å². The molecule has 2 aromatic carbocycles. The number of hydrogen-bond donors (Lipinski definition) is 2. The number of carbonyl (C=O) groups excluding carboxylic acids is 1. The maximum atomic E-state index is 13.0. The lowest BCUT2D eigenvalue weighted by Crippen LogP contribution is -2.37. The predicted molar refractivity (Wildman–Crippen MR) is 113 cm³/mol. The molecule has 0 unspecified atom stereocenters. The molecule has 1 amide bonds. The van der Waals surface area contributed by atoms with Gasteiger partial charge in [-0.3, -0.25) is 9.59 Å². The minimum absolute atomic E-state index is 0.0190. The summed E-state index contributed by atoms with van der Waals surface area (Å²) in [5.74, 6) is -0.198. The van der Waals surface area contributed by atoms with Gasteiger partial charge in [-0.1, -0.05) is 63.2 Å². The van der Waals surface area contributed by atoms with Crippen molar-refractivity contribution in [2.75, 3.05) is 0 Å². The zero-order valence-electron chi connectivity index (χ0n) is 17.4. The van der Waals surface area contributed by atoms with Gasteiger partial charge in [0.25, 0.3) is 11.5 Å². The number of ether oxygens (including phenoxy) is 1. The predicted octanol–water partition coefficient (Wildman–Crippen LogP) is 4.56. The highest BCUT2D eigenvalue weighted by molar-refractivity contribution is 5.93. The van der Waals surface area contributed by atoms with E-state index in [9.17, 15) is 18.4 Å². The van der Waals surface area contributed by atoms with E-state index in [1.807, 2.05) is 26.8 Å². The molecule has 1 aromatic heterocycles. The van der Waals surface area contributed by atoms with E-state index in [1.165, 1.54) is 12.1 Å². The summed E-state index contributed by atoms with van der Waals surface area (Å²) in [6, 6.07) is 15.8. The van der Waals surface area contributed by atoms with Gasteiger partial charge in [0.2, 0.25) is 0 Å². The van der Waals surface area contributed by atoms with Crippen molar-refractivity contribution in [3.05, 3.63) is 82.3 Å². The highest BCUT2D eigenvalue weighted by Crippen LogP contribution is 2.34. The van der Waals surface area contributed by atoms with Gasteiger partial charge in [0, 0.05) is 11.6 Å². The molecule has 0 bridgehead atoms. The van der Waals surface area contributed by atoms with Gasteiger partial charge >= 0.3 is 6.61 Å². The molecule has 162 valence electrons. The molecule has 1 atom stereocenters. The average Bonchev–Trinajstić information content (AvgIpc) is 2.71. The third kappa shape index (κ3) is 5.75. The van der Waals surface area contributed by atoms with Crippen LogP contribution in [0.3, 0.4) is 0 Å². The van der Waals surface area contributed by atoms with Gasteiger partial charge in [-0.25, -0.2) is 4.98 Å². The Labute approximate surface area is 178 Å². The smallest absolute Gasteiger partial charge is 0.387 e. The molecule has 8 heteroatoms. The van der Waals surface area contributed by atoms with Crippen LogP contribution in [-0.4, -0.2) is 22.5 Å². The molecular weight excluding hydrogens is 404 g/mol. The van der Waals surface area contributed by atoms with Crippen LogP contribution in [0.25, 0.3) is 11.4 Å². The first-order valence-electron chi connectivity index (χ1n) is 9.66. The summed E-state index contributed by atoms with van der Waals surface area (Å²) in [5.41, 5.74) is 0.505. The number of amides is 1. The van der Waals surface area contributed by atoms with E-state index >= 15 is 0 Å². The van der Waals surface area contributed by atoms with Crippen LogP contribution in [0.2, 0.25) is 0 Å². The number of benzene rings is 2. The third-order valence-corrected chi connectivity index (χ3v) is 4.60. The Kier molecular flexibility index (Phi) is 6.48. The second-order valence-corrected chi connectivity index (χ2v) is 8.07. The second kappa shape index (κ2) is 9.07. The van der Waals surface area contributed by atoms with E-state index < -0.39 is 29.5 Å². The standard InChI is InChI=1S/C23H23F2N3O3/c1-23(2,3)19(14-9-11-16(12-10-14)31-22(24)25)28-21(30)17-13-18(29)27-20(26-17)15-7-5-4-6-8-15/h4-13,19,22H,1-3H3,(H,28,30)(H,26,27,29)/t19-/m0/s1. The van der Waals surface area contributed by atoms with Crippen LogP contribution in [0.5, 0.6) is 5.75 Å². The molecule has 0 fully saturated rings. The Morgan fingerprint density at radius 3 is 2.29 bits per heavy atom. The zero-order valence-corrected chi connectivity index (χ0v) is 17.4. The van der Waals surface area contributed by atoms with E-state index in [4.69, 9.17) is 0 Å². The quantitative estimate of drug-likeness (QED) is 0.604. The first kappa shape index (κ1) is 22.1. The van der Waals surface area contributed by atoms with Crippen LogP contribution in [-0.2, 0) is 0 Å². The van der Waals surface area contributed by atoms with Gasteiger partial charge in [0.05, 0.1) is 6.04 Å². The summed E-state index contributed by atoms with van der Waals surface area (Å²) >= 11 is 0. The van der Waals surface area contributed by atoms with E-state index in [0.29, 0.717) is 17.0 Å². The molecule has 0 aliphatic carbocycles. The van der Waals surface area contributed by atoms with Crippen molar-refractivity contribution < 1.29 is 18.3 Å². The Morgan fingerprint density at radius 2 is 1.71 bits per heavy atom. The van der Waals surface area contributed by atoms with Gasteiger partial charge in [-0.15, -0.1) is 0 Å². The molecule has 0 radical (unpaired) electrons. The summed E-state index contributed by atoms with van der Waals surface area (Å²) < 4.78 is 29.2. The molecule has 0 aliphatic heterocycles. The van der Waals surface area contributed by atoms with Gasteiger partial charge in [0.1, 0.15) is 17.3 Å². The molecule has 3 aromatic rings. The van der Waals surface area contributed by atoms with Crippen molar-refractivity contribution >= 4 is 5.91 Å². The maximum Gasteiger partial charge on any atom is 0.387 e. The van der Waals surface area contributed by atoms with Crippen LogP contribution in [0.4, 0.5) is 8.78 Å². The van der Waals surface area contributed by atoms with Crippen LogP contribution in [0.1, 0.15) is 42.9 Å². The summed E-state index contributed by atoms with van der Waals surface area (Å²) in [7, 11) is 0. The Morgan fingerprint density at radius 1 is 1.06 bits per heavy atom. The number of nitrogens with zero attached hydrogens (tertiary/aromatic N) is 1. The molecule has 0 spiro atoms. The van der Waals surface area contributed by atoms with Crippen LogP contribution in [0, 0.1) is 5.41 Å². The van der Waals surface area contributed by atoms with E-state index in [-0.39, 0.29) is 11.4 Å². The van der Waals surface area contributed by atoms with Crippen molar-refractivity contribution in [2.45, 2.75) is 33.4 Å². The SMILES string of the molecule is CC(C)(C)[C@@H](NC(=O)c1cc(=O)[nH]c(-c2ccccc2)n1)c1ccc(OC(F)F)cc1. The molecule has 0 aliphatic rings. The first-order valence-corrected chi connectivity index (χ1v) is 9.66. The lowest BCUT2D eigenvalue weighted by Gasteiger charge is -2.32. The number of carbonyl (C=O) groups is 1. The van der Waals surface area contributed by atoms with Crippen molar-refractivity contribution in [3.63, 3.8) is 0 Å². The normalized spacial score (nSPS) is 12.5. The van der Waals surface area contributed by atoms with Gasteiger partial charge < -0.3 is 15.0 Å². The largest absolute Gasteiger partial charge is 0.435 e. The van der Waals surface area contributed by atoms with Gasteiger partial charge in [-0.05, 0) is 23.1 Å². The Hall–Kier alpha value is -3.55. The van der Waals surface area contributed by atoms with Crippen LogP contribution >= 0.6 is 0 Å². The summed E-state index contributed by atoms with van der Waals surface area (Å²) in [4.78, 5) is 32.0. The molecule has 6 nitrogen and oxygen atoms in total. The molecule has 0 saturated carbocycles. The summed E-state index contributed by atoms with van der Waals surface area (Å²) in [6.07, 6.45) is 0. The minimum Gasteiger partial charge on any atom is -0.435 e. The Balaban J connectivity index is 1.88. The fourth-order valence-corrected chi connectivity index (χ4v) is 3.15. The van der Waals surface area contributed by atoms with Crippen molar-refractivity contribution in [3.8, 4) is 17.1 Å². The number of nitrogens with one attached hydrogen (secondary N) is 2. The maximum absolute atomic E-state index is 13.0. The number of H-pyrrole nitrogens is 1. The highest BCUT2D eigenvalue weighted by atomic mass is 19.3. The number of rotatable bonds is 6. The molecule has 0 saturated heterocycles. The molecule has 2 N–H and O–H groups in total. The lowest BCUT2D eigenvalue weighted by molar-refractivity contribution is -0.0498. The summed E-state index contributed by atoms with van der Waals surface area (Å²) in [6.45, 7) is 2.89. The molecule has 3 rings (SSSR count). The molecule has 1 heterocycles. The lowest BCUT2D eigenvalue weighted by atomic mass is 9.82. The number of aromatic amines is 1. The van der Waals surface area contributed by atoms with Crippen molar-refractivity contribution in [2.24, 2.45) is 5.41 Å².